The van der Waals surface area contributed by atoms with Crippen LogP contribution in [0.4, 0.5) is 0 Å². The molecule has 1 heterocycles. The smallest absolute Gasteiger partial charge is 0.352 e. The zero-order valence-electron chi connectivity index (χ0n) is 11.9. The summed E-state index contributed by atoms with van der Waals surface area (Å²) in [5, 5.41) is 11.8. The highest BCUT2D eigenvalue weighted by Crippen LogP contribution is 2.09. The van der Waals surface area contributed by atoms with Crippen molar-refractivity contribution in [3.05, 3.63) is 59.4 Å². The van der Waals surface area contributed by atoms with Crippen molar-refractivity contribution in [2.24, 2.45) is 0 Å². The molecule has 0 spiro atoms. The van der Waals surface area contributed by atoms with Gasteiger partial charge in [0, 0.05) is 12.7 Å². The minimum Gasteiger partial charge on any atom is -0.477 e. The normalized spacial score (nSPS) is 10.3. The van der Waals surface area contributed by atoms with Gasteiger partial charge in [0.2, 0.25) is 5.91 Å². The van der Waals surface area contributed by atoms with Crippen molar-refractivity contribution in [2.45, 2.75) is 26.4 Å². The van der Waals surface area contributed by atoms with E-state index in [4.69, 9.17) is 5.11 Å². The lowest BCUT2D eigenvalue weighted by Gasteiger charge is -2.10. The fraction of sp³-hybridized carbons (Fsp3) is 0.250. The first-order valence-electron chi connectivity index (χ1n) is 6.83. The highest BCUT2D eigenvalue weighted by atomic mass is 16.4. The molecule has 5 heteroatoms. The SMILES string of the molecule is CCc1ccccc1CNC(=O)Cn1cccc1C(=O)O. The summed E-state index contributed by atoms with van der Waals surface area (Å²) in [4.78, 5) is 22.9. The summed E-state index contributed by atoms with van der Waals surface area (Å²) in [7, 11) is 0. The van der Waals surface area contributed by atoms with Crippen LogP contribution in [0.1, 0.15) is 28.5 Å². The topological polar surface area (TPSA) is 71.3 Å². The summed E-state index contributed by atoms with van der Waals surface area (Å²) in [6, 6.07) is 11.0. The van der Waals surface area contributed by atoms with Gasteiger partial charge in [0.15, 0.2) is 0 Å². The third kappa shape index (κ3) is 3.72. The Morgan fingerprint density at radius 3 is 2.52 bits per heavy atom. The van der Waals surface area contributed by atoms with Gasteiger partial charge in [-0.2, -0.15) is 0 Å². The number of hydrogen-bond acceptors (Lipinski definition) is 2. The molecule has 2 N–H and O–H groups in total. The molecule has 0 atom stereocenters. The Morgan fingerprint density at radius 2 is 1.86 bits per heavy atom. The quantitative estimate of drug-likeness (QED) is 0.854. The van der Waals surface area contributed by atoms with Crippen LogP contribution in [0, 0.1) is 0 Å². The second-order valence-electron chi connectivity index (χ2n) is 4.73. The summed E-state index contributed by atoms with van der Waals surface area (Å²) in [5.41, 5.74) is 2.39. The second kappa shape index (κ2) is 6.74. The van der Waals surface area contributed by atoms with Crippen LogP contribution in [0.15, 0.2) is 42.6 Å². The summed E-state index contributed by atoms with van der Waals surface area (Å²) >= 11 is 0. The number of amides is 1. The van der Waals surface area contributed by atoms with Crippen molar-refractivity contribution in [3.8, 4) is 0 Å². The number of aromatic nitrogens is 1. The second-order valence-corrected chi connectivity index (χ2v) is 4.73. The van der Waals surface area contributed by atoms with Gasteiger partial charge in [0.25, 0.3) is 0 Å². The molecule has 0 radical (unpaired) electrons. The Labute approximate surface area is 123 Å². The predicted molar refractivity (Wildman–Crippen MR) is 79.1 cm³/mol. The number of carboxylic acid groups (broad SMARTS) is 1. The molecule has 5 nitrogen and oxygen atoms in total. The van der Waals surface area contributed by atoms with Crippen LogP contribution in [0.2, 0.25) is 0 Å². The van der Waals surface area contributed by atoms with E-state index < -0.39 is 5.97 Å². The number of hydrogen-bond donors (Lipinski definition) is 2. The average Bonchev–Trinajstić information content (AvgIpc) is 2.93. The lowest BCUT2D eigenvalue weighted by atomic mass is 10.1. The lowest BCUT2D eigenvalue weighted by molar-refractivity contribution is -0.121. The Hall–Kier alpha value is -2.56. The van der Waals surface area contributed by atoms with E-state index in [1.54, 1.807) is 12.3 Å². The van der Waals surface area contributed by atoms with Crippen LogP contribution in [0.3, 0.4) is 0 Å². The molecule has 0 aliphatic rings. The maximum absolute atomic E-state index is 11.9. The maximum atomic E-state index is 11.9. The molecular weight excluding hydrogens is 268 g/mol. The zero-order valence-corrected chi connectivity index (χ0v) is 11.9. The number of carbonyl (C=O) groups is 2. The molecule has 0 saturated carbocycles. The third-order valence-electron chi connectivity index (χ3n) is 3.34. The van der Waals surface area contributed by atoms with E-state index in [1.165, 1.54) is 16.2 Å². The van der Waals surface area contributed by atoms with E-state index in [9.17, 15) is 9.59 Å². The number of carboxylic acids is 1. The van der Waals surface area contributed by atoms with Gasteiger partial charge in [-0.25, -0.2) is 4.79 Å². The molecule has 2 rings (SSSR count). The van der Waals surface area contributed by atoms with Gasteiger partial charge in [-0.15, -0.1) is 0 Å². The summed E-state index contributed by atoms with van der Waals surface area (Å²) in [5.74, 6) is -1.25. The van der Waals surface area contributed by atoms with E-state index in [0.717, 1.165) is 12.0 Å². The minimum absolute atomic E-state index is 0.00290. The Balaban J connectivity index is 1.96. The van der Waals surface area contributed by atoms with Crippen molar-refractivity contribution in [3.63, 3.8) is 0 Å². The molecule has 0 unspecified atom stereocenters. The highest BCUT2D eigenvalue weighted by molar-refractivity contribution is 5.86. The summed E-state index contributed by atoms with van der Waals surface area (Å²) < 4.78 is 1.42. The van der Waals surface area contributed by atoms with Gasteiger partial charge in [-0.05, 0) is 29.7 Å². The number of nitrogens with zero attached hydrogens (tertiary/aromatic N) is 1. The molecule has 0 fully saturated rings. The van der Waals surface area contributed by atoms with Crippen molar-refractivity contribution in [1.82, 2.24) is 9.88 Å². The first kappa shape index (κ1) is 14.8. The molecule has 2 aromatic rings. The number of carbonyl (C=O) groups excluding carboxylic acids is 1. The van der Waals surface area contributed by atoms with Crippen LogP contribution in [-0.4, -0.2) is 21.6 Å². The van der Waals surface area contributed by atoms with E-state index >= 15 is 0 Å². The Bertz CT molecular complexity index is 646. The molecule has 21 heavy (non-hydrogen) atoms. The molecule has 0 aliphatic heterocycles. The van der Waals surface area contributed by atoms with E-state index in [2.05, 4.69) is 12.2 Å². The molecule has 1 amide bonds. The fourth-order valence-electron chi connectivity index (χ4n) is 2.23. The highest BCUT2D eigenvalue weighted by Gasteiger charge is 2.11. The lowest BCUT2D eigenvalue weighted by Crippen LogP contribution is -2.28. The van der Waals surface area contributed by atoms with Crippen molar-refractivity contribution < 1.29 is 14.7 Å². The zero-order chi connectivity index (χ0) is 15.2. The van der Waals surface area contributed by atoms with Crippen molar-refractivity contribution in [1.29, 1.82) is 0 Å². The number of aryl methyl sites for hydroxylation is 1. The van der Waals surface area contributed by atoms with Gasteiger partial charge >= 0.3 is 5.97 Å². The number of rotatable bonds is 6. The average molecular weight is 286 g/mol. The van der Waals surface area contributed by atoms with Crippen LogP contribution in [0.5, 0.6) is 0 Å². The first-order chi connectivity index (χ1) is 10.1. The monoisotopic (exact) mass is 286 g/mol. The largest absolute Gasteiger partial charge is 0.477 e. The maximum Gasteiger partial charge on any atom is 0.352 e. The number of benzene rings is 1. The summed E-state index contributed by atoms with van der Waals surface area (Å²) in [6.45, 7) is 2.52. The number of nitrogens with one attached hydrogen (secondary N) is 1. The van der Waals surface area contributed by atoms with Crippen molar-refractivity contribution >= 4 is 11.9 Å². The molecule has 0 saturated heterocycles. The van der Waals surface area contributed by atoms with Gasteiger partial charge in [0.1, 0.15) is 12.2 Å². The summed E-state index contributed by atoms with van der Waals surface area (Å²) in [6.07, 6.45) is 2.50. The molecule has 0 bridgehead atoms. The molecular formula is C16H18N2O3. The van der Waals surface area contributed by atoms with Crippen LogP contribution < -0.4 is 5.32 Å². The predicted octanol–water partition coefficient (Wildman–Crippen LogP) is 2.07. The standard InChI is InChI=1S/C16H18N2O3/c1-2-12-6-3-4-7-13(12)10-17-15(19)11-18-9-5-8-14(18)16(20)21/h3-9H,2,10-11H2,1H3,(H,17,19)(H,20,21). The number of aromatic carboxylic acids is 1. The van der Waals surface area contributed by atoms with Gasteiger partial charge in [-0.3, -0.25) is 4.79 Å². The van der Waals surface area contributed by atoms with E-state index in [-0.39, 0.29) is 18.1 Å². The first-order valence-corrected chi connectivity index (χ1v) is 6.83. The van der Waals surface area contributed by atoms with Crippen LogP contribution in [-0.2, 0) is 24.3 Å². The Morgan fingerprint density at radius 1 is 1.14 bits per heavy atom. The van der Waals surface area contributed by atoms with Crippen LogP contribution >= 0.6 is 0 Å². The van der Waals surface area contributed by atoms with E-state index in [0.29, 0.717) is 6.54 Å². The third-order valence-corrected chi connectivity index (χ3v) is 3.34. The fourth-order valence-corrected chi connectivity index (χ4v) is 2.23. The molecule has 1 aromatic heterocycles. The van der Waals surface area contributed by atoms with Gasteiger partial charge < -0.3 is 15.0 Å². The minimum atomic E-state index is -1.04. The van der Waals surface area contributed by atoms with Gasteiger partial charge in [-0.1, -0.05) is 31.2 Å². The van der Waals surface area contributed by atoms with E-state index in [1.807, 2.05) is 24.3 Å². The Kier molecular flexibility index (Phi) is 4.77. The molecule has 110 valence electrons. The van der Waals surface area contributed by atoms with Crippen molar-refractivity contribution in [2.75, 3.05) is 0 Å². The van der Waals surface area contributed by atoms with Crippen LogP contribution in [0.25, 0.3) is 0 Å². The molecule has 1 aromatic carbocycles. The molecule has 0 aliphatic carbocycles. The van der Waals surface area contributed by atoms with Gasteiger partial charge in [0.05, 0.1) is 0 Å².